The maximum absolute atomic E-state index is 13.1. The number of halogens is 1. The standard InChI is InChI=1S/C32H30IN3O7/c1-21(37)35-28(32(40)41-2)17-24-12-11-23(18-34)15-29(24)42-20-27(36-31(39)25-9-6-10-26(33)16-25)13-14-30(38)43-19-22-7-4-3-5-8-22/h3-12,15-17,27H,13-14,19-20H2,1-2H3,(H,35,37)(H,36,39)/t27-/m0/s1. The van der Waals surface area contributed by atoms with E-state index in [1.807, 2.05) is 42.5 Å². The van der Waals surface area contributed by atoms with Crippen LogP contribution in [0.5, 0.6) is 5.75 Å². The number of nitrogens with one attached hydrogen (secondary N) is 2. The van der Waals surface area contributed by atoms with Crippen LogP contribution in [0.25, 0.3) is 6.08 Å². The van der Waals surface area contributed by atoms with E-state index in [1.165, 1.54) is 32.2 Å². The van der Waals surface area contributed by atoms with Gasteiger partial charge >= 0.3 is 11.9 Å². The molecule has 0 aliphatic rings. The predicted molar refractivity (Wildman–Crippen MR) is 166 cm³/mol. The van der Waals surface area contributed by atoms with Crippen molar-refractivity contribution in [2.75, 3.05) is 13.7 Å². The van der Waals surface area contributed by atoms with Gasteiger partial charge in [0.25, 0.3) is 5.91 Å². The van der Waals surface area contributed by atoms with E-state index in [2.05, 4.69) is 33.2 Å². The molecule has 0 unspecified atom stereocenters. The summed E-state index contributed by atoms with van der Waals surface area (Å²) in [5.41, 5.74) is 1.82. The zero-order chi connectivity index (χ0) is 31.2. The van der Waals surface area contributed by atoms with Gasteiger partial charge in [-0.05, 0) is 77.0 Å². The van der Waals surface area contributed by atoms with Crippen molar-refractivity contribution >= 4 is 52.4 Å². The first-order valence-corrected chi connectivity index (χ1v) is 14.3. The second-order valence-electron chi connectivity index (χ2n) is 9.27. The van der Waals surface area contributed by atoms with Gasteiger partial charge in [0.15, 0.2) is 0 Å². The average molecular weight is 696 g/mol. The lowest BCUT2D eigenvalue weighted by Gasteiger charge is -2.20. The van der Waals surface area contributed by atoms with Crippen LogP contribution in [0.4, 0.5) is 0 Å². The van der Waals surface area contributed by atoms with Gasteiger partial charge in [0, 0.05) is 28.0 Å². The van der Waals surface area contributed by atoms with Gasteiger partial charge in [0.2, 0.25) is 5.91 Å². The largest absolute Gasteiger partial charge is 0.491 e. The average Bonchev–Trinajstić information content (AvgIpc) is 3.01. The Hall–Kier alpha value is -4.70. The number of methoxy groups -OCH3 is 1. The number of nitriles is 1. The summed E-state index contributed by atoms with van der Waals surface area (Å²) in [5, 5.41) is 14.8. The monoisotopic (exact) mass is 695 g/mol. The number of esters is 2. The van der Waals surface area contributed by atoms with Crippen LogP contribution in [0.3, 0.4) is 0 Å². The molecule has 0 saturated heterocycles. The second-order valence-corrected chi connectivity index (χ2v) is 10.5. The lowest BCUT2D eigenvalue weighted by Crippen LogP contribution is -2.39. The maximum Gasteiger partial charge on any atom is 0.354 e. The molecule has 0 spiro atoms. The molecule has 0 aliphatic heterocycles. The van der Waals surface area contributed by atoms with Gasteiger partial charge in [-0.25, -0.2) is 4.79 Å². The molecule has 10 nitrogen and oxygen atoms in total. The van der Waals surface area contributed by atoms with Crippen molar-refractivity contribution in [3.63, 3.8) is 0 Å². The number of rotatable bonds is 13. The molecule has 0 heterocycles. The van der Waals surface area contributed by atoms with E-state index in [1.54, 1.807) is 24.3 Å². The molecule has 0 bridgehead atoms. The summed E-state index contributed by atoms with van der Waals surface area (Å²) >= 11 is 2.11. The lowest BCUT2D eigenvalue weighted by atomic mass is 10.1. The van der Waals surface area contributed by atoms with Crippen LogP contribution in [0.1, 0.15) is 46.8 Å². The molecule has 0 saturated carbocycles. The van der Waals surface area contributed by atoms with Crippen molar-refractivity contribution in [2.24, 2.45) is 0 Å². The molecule has 3 aromatic rings. The number of ether oxygens (including phenoxy) is 3. The van der Waals surface area contributed by atoms with Gasteiger partial charge < -0.3 is 24.8 Å². The summed E-state index contributed by atoms with van der Waals surface area (Å²) < 4.78 is 17.1. The minimum atomic E-state index is -0.776. The molecule has 11 heteroatoms. The van der Waals surface area contributed by atoms with Crippen molar-refractivity contribution in [1.29, 1.82) is 5.26 Å². The highest BCUT2D eigenvalue weighted by atomic mass is 127. The molecule has 1 atom stereocenters. The fourth-order valence-corrected chi connectivity index (χ4v) is 4.38. The van der Waals surface area contributed by atoms with E-state index >= 15 is 0 Å². The van der Waals surface area contributed by atoms with Gasteiger partial charge in [0.1, 0.15) is 24.7 Å². The third-order valence-electron chi connectivity index (χ3n) is 5.96. The number of carbonyl (C=O) groups excluding carboxylic acids is 4. The Morgan fingerprint density at radius 2 is 1.79 bits per heavy atom. The third kappa shape index (κ3) is 10.9. The van der Waals surface area contributed by atoms with Crippen LogP contribution >= 0.6 is 22.6 Å². The molecular formula is C32H30IN3O7. The first kappa shape index (κ1) is 32.8. The number of hydrogen-bond donors (Lipinski definition) is 2. The molecule has 0 aromatic heterocycles. The van der Waals surface area contributed by atoms with Crippen LogP contribution in [0.2, 0.25) is 0 Å². The number of carbonyl (C=O) groups is 4. The van der Waals surface area contributed by atoms with Crippen LogP contribution in [0, 0.1) is 14.9 Å². The predicted octanol–water partition coefficient (Wildman–Crippen LogP) is 4.51. The van der Waals surface area contributed by atoms with E-state index in [0.717, 1.165) is 9.13 Å². The molecule has 2 amide bonds. The van der Waals surface area contributed by atoms with Crippen molar-refractivity contribution in [2.45, 2.75) is 32.4 Å². The van der Waals surface area contributed by atoms with Crippen LogP contribution < -0.4 is 15.4 Å². The molecule has 43 heavy (non-hydrogen) atoms. The van der Waals surface area contributed by atoms with Gasteiger partial charge in [-0.1, -0.05) is 36.4 Å². The minimum absolute atomic E-state index is 0.00742. The summed E-state index contributed by atoms with van der Waals surface area (Å²) in [5.74, 6) is -1.84. The topological polar surface area (TPSA) is 144 Å². The Bertz CT molecular complexity index is 1530. The van der Waals surface area contributed by atoms with Crippen molar-refractivity contribution < 1.29 is 33.4 Å². The van der Waals surface area contributed by atoms with Crippen LogP contribution in [0.15, 0.2) is 78.5 Å². The Morgan fingerprint density at radius 1 is 1.02 bits per heavy atom. The van der Waals surface area contributed by atoms with Crippen molar-refractivity contribution in [3.05, 3.63) is 104 Å². The summed E-state index contributed by atoms with van der Waals surface area (Å²) in [4.78, 5) is 49.5. The smallest absolute Gasteiger partial charge is 0.354 e. The molecular weight excluding hydrogens is 665 g/mol. The molecule has 222 valence electrons. The highest BCUT2D eigenvalue weighted by Gasteiger charge is 2.19. The normalized spacial score (nSPS) is 11.4. The molecule has 3 aromatic carbocycles. The zero-order valence-corrected chi connectivity index (χ0v) is 25.8. The van der Waals surface area contributed by atoms with Crippen molar-refractivity contribution in [3.8, 4) is 11.8 Å². The molecule has 3 rings (SSSR count). The second kappa shape index (κ2) is 16.7. The molecule has 2 N–H and O–H groups in total. The summed E-state index contributed by atoms with van der Waals surface area (Å²) in [7, 11) is 1.18. The van der Waals surface area contributed by atoms with E-state index in [-0.39, 0.29) is 49.0 Å². The van der Waals surface area contributed by atoms with E-state index < -0.39 is 23.9 Å². The molecule has 0 aliphatic carbocycles. The summed E-state index contributed by atoms with van der Waals surface area (Å²) in [6, 6.07) is 22.3. The highest BCUT2D eigenvalue weighted by Crippen LogP contribution is 2.24. The van der Waals surface area contributed by atoms with E-state index in [0.29, 0.717) is 11.1 Å². The lowest BCUT2D eigenvalue weighted by molar-refractivity contribution is -0.145. The van der Waals surface area contributed by atoms with Gasteiger partial charge in [0.05, 0.1) is 24.8 Å². The highest BCUT2D eigenvalue weighted by molar-refractivity contribution is 14.1. The molecule has 0 radical (unpaired) electrons. The number of amides is 2. The van der Waals surface area contributed by atoms with Gasteiger partial charge in [-0.2, -0.15) is 5.26 Å². The van der Waals surface area contributed by atoms with Crippen LogP contribution in [-0.2, 0) is 30.5 Å². The Kier molecular flexibility index (Phi) is 12.7. The van der Waals surface area contributed by atoms with E-state index in [9.17, 15) is 24.4 Å². The summed E-state index contributed by atoms with van der Waals surface area (Å²) in [6.45, 7) is 1.30. The number of hydrogen-bond acceptors (Lipinski definition) is 8. The third-order valence-corrected chi connectivity index (χ3v) is 6.63. The minimum Gasteiger partial charge on any atom is -0.491 e. The number of nitrogens with zero attached hydrogens (tertiary/aromatic N) is 1. The Balaban J connectivity index is 1.81. The quantitative estimate of drug-likeness (QED) is 0.151. The maximum atomic E-state index is 13.1. The fourth-order valence-electron chi connectivity index (χ4n) is 3.84. The molecule has 0 fully saturated rings. The first-order chi connectivity index (χ1) is 20.7. The Labute approximate surface area is 263 Å². The first-order valence-electron chi connectivity index (χ1n) is 13.2. The van der Waals surface area contributed by atoms with E-state index in [4.69, 9.17) is 14.2 Å². The van der Waals surface area contributed by atoms with Gasteiger partial charge in [-0.15, -0.1) is 0 Å². The van der Waals surface area contributed by atoms with Crippen molar-refractivity contribution in [1.82, 2.24) is 10.6 Å². The Morgan fingerprint density at radius 3 is 2.47 bits per heavy atom. The zero-order valence-electron chi connectivity index (χ0n) is 23.6. The fraction of sp³-hybridized carbons (Fsp3) is 0.219. The summed E-state index contributed by atoms with van der Waals surface area (Å²) in [6.07, 6.45) is 1.57. The number of benzene rings is 3. The van der Waals surface area contributed by atoms with Crippen LogP contribution in [-0.4, -0.2) is 43.5 Å². The van der Waals surface area contributed by atoms with Gasteiger partial charge in [-0.3, -0.25) is 14.4 Å². The SMILES string of the molecule is COC(=O)C(=Cc1ccc(C#N)cc1OC[C@H](CCC(=O)OCc1ccccc1)NC(=O)c1cccc(I)c1)NC(C)=O.